The van der Waals surface area contributed by atoms with Crippen LogP contribution in [-0.2, 0) is 22.5 Å². The normalized spacial score (nSPS) is 21.0. The molecule has 0 bridgehead atoms. The third kappa shape index (κ3) is 4.68. The first-order valence-electron chi connectivity index (χ1n) is 11.5. The molecule has 1 amide bonds. The number of carbonyl (C=O) groups is 1. The molecule has 1 aromatic heterocycles. The second-order valence-electron chi connectivity index (χ2n) is 9.18. The number of hydrogen-bond donors (Lipinski definition) is 1. The van der Waals surface area contributed by atoms with Crippen LogP contribution in [0.5, 0.6) is 0 Å². The molecule has 1 N–H and O–H groups in total. The highest BCUT2D eigenvalue weighted by molar-refractivity contribution is 7.17. The third-order valence-electron chi connectivity index (χ3n) is 6.98. The average molecular weight is 469 g/mol. The van der Waals surface area contributed by atoms with Crippen molar-refractivity contribution < 1.29 is 19.0 Å². The summed E-state index contributed by atoms with van der Waals surface area (Å²) in [6.45, 7) is 3.21. The largest absolute Gasteiger partial charge is 0.396 e. The van der Waals surface area contributed by atoms with Gasteiger partial charge in [-0.3, -0.25) is 9.69 Å². The van der Waals surface area contributed by atoms with Gasteiger partial charge in [-0.1, -0.05) is 24.3 Å². The number of aliphatic hydroxyl groups excluding tert-OH is 1. The quantitative estimate of drug-likeness (QED) is 0.553. The van der Waals surface area contributed by atoms with Gasteiger partial charge in [-0.15, -0.1) is 11.3 Å². The Bertz CT molecular complexity index is 1130. The Morgan fingerprint density at radius 2 is 2.00 bits per heavy atom. The number of fused-ring (bicyclic) bond motifs is 1. The predicted octanol–water partition coefficient (Wildman–Crippen LogP) is 4.14. The van der Waals surface area contributed by atoms with Crippen LogP contribution in [0.1, 0.15) is 35.6 Å². The molecule has 2 saturated heterocycles. The van der Waals surface area contributed by atoms with Gasteiger partial charge >= 0.3 is 0 Å². The van der Waals surface area contributed by atoms with E-state index in [1.807, 2.05) is 17.0 Å². The van der Waals surface area contributed by atoms with E-state index in [0.717, 1.165) is 37.9 Å². The zero-order valence-electron chi connectivity index (χ0n) is 18.6. The molecule has 3 aromatic rings. The third-order valence-corrected chi connectivity index (χ3v) is 7.88. The standard InChI is InChI=1S/C26H29FN2O3S/c27-25-19(6-12-30)2-1-3-22(25)15-28-10-8-26(9-11-28)17-29(18-31)16-23(32-26)20-4-5-24-21(14-20)7-13-33-24/h1-5,7,13-14,18,23,30H,6,8-12,15-17H2. The van der Waals surface area contributed by atoms with Crippen LogP contribution >= 0.6 is 11.3 Å². The molecule has 0 aliphatic carbocycles. The van der Waals surface area contributed by atoms with Crippen LogP contribution in [0, 0.1) is 5.82 Å². The lowest BCUT2D eigenvalue weighted by Crippen LogP contribution is -2.57. The number of nitrogens with zero attached hydrogens (tertiary/aromatic N) is 2. The van der Waals surface area contributed by atoms with E-state index in [1.54, 1.807) is 17.4 Å². The second kappa shape index (κ2) is 9.50. The lowest BCUT2D eigenvalue weighted by Gasteiger charge is -2.49. The van der Waals surface area contributed by atoms with Gasteiger partial charge in [0.05, 0.1) is 12.1 Å². The van der Waals surface area contributed by atoms with Gasteiger partial charge in [0.25, 0.3) is 0 Å². The number of amides is 1. The maximum Gasteiger partial charge on any atom is 0.209 e. The molecule has 2 aromatic carbocycles. The van der Waals surface area contributed by atoms with Crippen LogP contribution < -0.4 is 0 Å². The molecule has 33 heavy (non-hydrogen) atoms. The minimum atomic E-state index is -0.374. The summed E-state index contributed by atoms with van der Waals surface area (Å²) in [5.74, 6) is -0.211. The monoisotopic (exact) mass is 468 g/mol. The highest BCUT2D eigenvalue weighted by Crippen LogP contribution is 2.38. The number of morpholine rings is 1. The minimum absolute atomic E-state index is 0.0578. The Kier molecular flexibility index (Phi) is 6.47. The van der Waals surface area contributed by atoms with Crippen LogP contribution in [0.2, 0.25) is 0 Å². The molecule has 5 nitrogen and oxygen atoms in total. The number of benzene rings is 2. The summed E-state index contributed by atoms with van der Waals surface area (Å²) in [5, 5.41) is 12.5. The summed E-state index contributed by atoms with van der Waals surface area (Å²) in [6, 6.07) is 14.0. The Balaban J connectivity index is 1.28. The van der Waals surface area contributed by atoms with E-state index >= 15 is 0 Å². The molecular weight excluding hydrogens is 439 g/mol. The van der Waals surface area contributed by atoms with Crippen LogP contribution in [0.25, 0.3) is 10.1 Å². The van der Waals surface area contributed by atoms with Gasteiger partial charge in [0.2, 0.25) is 6.41 Å². The molecule has 0 radical (unpaired) electrons. The highest BCUT2D eigenvalue weighted by atomic mass is 32.1. The lowest BCUT2D eigenvalue weighted by molar-refractivity contribution is -0.180. The first-order chi connectivity index (χ1) is 16.1. The first-order valence-corrected chi connectivity index (χ1v) is 12.4. The van der Waals surface area contributed by atoms with Crippen LogP contribution in [0.15, 0.2) is 47.8 Å². The van der Waals surface area contributed by atoms with E-state index in [-0.39, 0.29) is 24.1 Å². The number of aliphatic hydroxyl groups is 1. The van der Waals surface area contributed by atoms with Crippen molar-refractivity contribution in [1.29, 1.82) is 0 Å². The number of carbonyl (C=O) groups excluding carboxylic acids is 1. The van der Waals surface area contributed by atoms with Gasteiger partial charge in [0.15, 0.2) is 0 Å². The SMILES string of the molecule is O=CN1CC(c2ccc3sccc3c2)OC2(CCN(Cc3cccc(CCO)c3F)CC2)C1. The number of ether oxygens (including phenoxy) is 1. The summed E-state index contributed by atoms with van der Waals surface area (Å²) in [4.78, 5) is 15.9. The molecule has 1 atom stereocenters. The molecule has 3 heterocycles. The van der Waals surface area contributed by atoms with Crippen molar-refractivity contribution in [3.8, 4) is 0 Å². The van der Waals surface area contributed by atoms with Crippen molar-refractivity contribution in [2.24, 2.45) is 0 Å². The maximum absolute atomic E-state index is 14.8. The molecule has 5 rings (SSSR count). The molecule has 2 aliphatic heterocycles. The summed E-state index contributed by atoms with van der Waals surface area (Å²) in [5.41, 5.74) is 1.96. The van der Waals surface area contributed by atoms with Crippen LogP contribution in [-0.4, -0.2) is 59.7 Å². The Labute approximate surface area is 197 Å². The highest BCUT2D eigenvalue weighted by Gasteiger charge is 2.43. The number of likely N-dealkylation sites (tertiary alicyclic amines) is 1. The van der Waals surface area contributed by atoms with Gasteiger partial charge in [0.1, 0.15) is 11.9 Å². The van der Waals surface area contributed by atoms with Crippen molar-refractivity contribution in [3.63, 3.8) is 0 Å². The Morgan fingerprint density at radius 3 is 2.79 bits per heavy atom. The van der Waals surface area contributed by atoms with E-state index in [0.29, 0.717) is 37.2 Å². The van der Waals surface area contributed by atoms with Crippen LogP contribution in [0.3, 0.4) is 0 Å². The van der Waals surface area contributed by atoms with Crippen LogP contribution in [0.4, 0.5) is 4.39 Å². The van der Waals surface area contributed by atoms with E-state index in [9.17, 15) is 9.18 Å². The van der Waals surface area contributed by atoms with Crippen molar-refractivity contribution in [1.82, 2.24) is 9.80 Å². The number of piperidine rings is 1. The number of hydrogen-bond acceptors (Lipinski definition) is 5. The zero-order chi connectivity index (χ0) is 22.8. The second-order valence-corrected chi connectivity index (χ2v) is 10.1. The van der Waals surface area contributed by atoms with E-state index in [4.69, 9.17) is 9.84 Å². The fraction of sp³-hybridized carbons (Fsp3) is 0.423. The number of rotatable bonds is 6. The van der Waals surface area contributed by atoms with Gasteiger partial charge in [-0.2, -0.15) is 0 Å². The van der Waals surface area contributed by atoms with Gasteiger partial charge in [-0.25, -0.2) is 4.39 Å². The summed E-state index contributed by atoms with van der Waals surface area (Å²) < 4.78 is 22.7. The van der Waals surface area contributed by atoms with Crippen molar-refractivity contribution in [3.05, 3.63) is 70.4 Å². The molecule has 2 fully saturated rings. The molecule has 2 aliphatic rings. The first kappa shape index (κ1) is 22.5. The molecule has 1 unspecified atom stereocenters. The van der Waals surface area contributed by atoms with E-state index < -0.39 is 0 Å². The predicted molar refractivity (Wildman–Crippen MR) is 128 cm³/mol. The van der Waals surface area contributed by atoms with Gasteiger partial charge < -0.3 is 14.7 Å². The van der Waals surface area contributed by atoms with Crippen molar-refractivity contribution in [2.75, 3.05) is 32.8 Å². The Hall–Kier alpha value is -2.32. The molecule has 0 saturated carbocycles. The Morgan fingerprint density at radius 1 is 1.18 bits per heavy atom. The fourth-order valence-electron chi connectivity index (χ4n) is 5.17. The minimum Gasteiger partial charge on any atom is -0.396 e. The van der Waals surface area contributed by atoms with E-state index in [1.165, 1.54) is 10.1 Å². The van der Waals surface area contributed by atoms with Gasteiger partial charge in [0, 0.05) is 43.0 Å². The summed E-state index contributed by atoms with van der Waals surface area (Å²) in [7, 11) is 0. The maximum atomic E-state index is 14.8. The average Bonchev–Trinajstić information content (AvgIpc) is 3.31. The fourth-order valence-corrected chi connectivity index (χ4v) is 5.94. The molecule has 7 heteroatoms. The smallest absolute Gasteiger partial charge is 0.209 e. The number of halogens is 1. The number of thiophene rings is 1. The van der Waals surface area contributed by atoms with E-state index in [2.05, 4.69) is 34.5 Å². The molecule has 1 spiro atoms. The zero-order valence-corrected chi connectivity index (χ0v) is 19.4. The summed E-state index contributed by atoms with van der Waals surface area (Å²) in [6.07, 6.45) is 2.72. The lowest BCUT2D eigenvalue weighted by atomic mass is 9.87. The van der Waals surface area contributed by atoms with Gasteiger partial charge in [-0.05, 0) is 59.4 Å². The van der Waals surface area contributed by atoms with Crippen molar-refractivity contribution in [2.45, 2.75) is 37.5 Å². The topological polar surface area (TPSA) is 53.0 Å². The summed E-state index contributed by atoms with van der Waals surface area (Å²) >= 11 is 1.72. The van der Waals surface area contributed by atoms with Crippen molar-refractivity contribution >= 4 is 27.8 Å². The molecular formula is C26H29FN2O3S. The molecule has 174 valence electrons.